The van der Waals surface area contributed by atoms with Gasteiger partial charge in [-0.1, -0.05) is 37.3 Å². The van der Waals surface area contributed by atoms with Gasteiger partial charge in [-0.3, -0.25) is 0 Å². The minimum absolute atomic E-state index is 0.195. The van der Waals surface area contributed by atoms with E-state index >= 15 is 0 Å². The molecule has 0 atom stereocenters. The first-order chi connectivity index (χ1) is 8.79. The predicted molar refractivity (Wildman–Crippen MR) is 73.8 cm³/mol. The Bertz CT molecular complexity index is 491. The van der Waals surface area contributed by atoms with Crippen molar-refractivity contribution < 1.29 is 4.39 Å². The molecule has 0 saturated heterocycles. The van der Waals surface area contributed by atoms with Gasteiger partial charge >= 0.3 is 0 Å². The van der Waals surface area contributed by atoms with Crippen LogP contribution < -0.4 is 5.32 Å². The first-order valence-electron chi connectivity index (χ1n) is 6.35. The fourth-order valence-electron chi connectivity index (χ4n) is 1.91. The van der Waals surface area contributed by atoms with E-state index in [9.17, 15) is 4.39 Å². The van der Waals surface area contributed by atoms with E-state index in [0.717, 1.165) is 30.6 Å². The summed E-state index contributed by atoms with van der Waals surface area (Å²) < 4.78 is 12.9. The van der Waals surface area contributed by atoms with Gasteiger partial charge < -0.3 is 5.32 Å². The highest BCUT2D eigenvalue weighted by Gasteiger charge is 1.99. The van der Waals surface area contributed by atoms with Crippen LogP contribution in [-0.4, -0.2) is 6.54 Å². The number of rotatable bonds is 5. The second-order valence-electron chi connectivity index (χ2n) is 4.38. The molecule has 1 nitrogen and oxygen atoms in total. The quantitative estimate of drug-likeness (QED) is 0.783. The minimum Gasteiger partial charge on any atom is -0.313 e. The Morgan fingerprint density at radius 1 is 1.00 bits per heavy atom. The maximum atomic E-state index is 12.9. The summed E-state index contributed by atoms with van der Waals surface area (Å²) in [5.41, 5.74) is 3.44. The van der Waals surface area contributed by atoms with Crippen molar-refractivity contribution in [2.75, 3.05) is 6.54 Å². The van der Waals surface area contributed by atoms with E-state index in [0.29, 0.717) is 0 Å². The van der Waals surface area contributed by atoms with Crippen LogP contribution in [0.4, 0.5) is 4.39 Å². The van der Waals surface area contributed by atoms with Crippen LogP contribution in [-0.2, 0) is 6.54 Å². The van der Waals surface area contributed by atoms with E-state index in [2.05, 4.69) is 30.4 Å². The highest BCUT2D eigenvalue weighted by molar-refractivity contribution is 5.63. The molecule has 0 aliphatic carbocycles. The fraction of sp³-hybridized carbons (Fsp3) is 0.250. The zero-order valence-electron chi connectivity index (χ0n) is 10.6. The summed E-state index contributed by atoms with van der Waals surface area (Å²) in [6.07, 6.45) is 1.14. The Labute approximate surface area is 108 Å². The van der Waals surface area contributed by atoms with Gasteiger partial charge in [-0.15, -0.1) is 0 Å². The Morgan fingerprint density at radius 3 is 2.50 bits per heavy atom. The third-order valence-electron chi connectivity index (χ3n) is 2.86. The molecule has 0 bridgehead atoms. The summed E-state index contributed by atoms with van der Waals surface area (Å²) in [6.45, 7) is 4.06. The summed E-state index contributed by atoms with van der Waals surface area (Å²) in [4.78, 5) is 0. The zero-order valence-corrected chi connectivity index (χ0v) is 10.6. The lowest BCUT2D eigenvalue weighted by molar-refractivity contribution is 0.628. The average molecular weight is 243 g/mol. The molecule has 0 saturated carbocycles. The molecule has 2 rings (SSSR count). The van der Waals surface area contributed by atoms with Crippen LogP contribution in [0.15, 0.2) is 48.5 Å². The maximum Gasteiger partial charge on any atom is 0.123 e. The maximum absolute atomic E-state index is 12.9. The van der Waals surface area contributed by atoms with Gasteiger partial charge in [0.25, 0.3) is 0 Å². The largest absolute Gasteiger partial charge is 0.313 e. The summed E-state index contributed by atoms with van der Waals surface area (Å²) >= 11 is 0. The Hall–Kier alpha value is -1.67. The van der Waals surface area contributed by atoms with E-state index < -0.39 is 0 Å². The molecule has 0 spiro atoms. The number of halogens is 1. The van der Waals surface area contributed by atoms with Crippen molar-refractivity contribution in [3.05, 3.63) is 59.9 Å². The fourth-order valence-corrected chi connectivity index (χ4v) is 1.91. The molecule has 2 aromatic carbocycles. The molecule has 0 radical (unpaired) electrons. The Morgan fingerprint density at radius 2 is 1.78 bits per heavy atom. The Balaban J connectivity index is 2.13. The molecular weight excluding hydrogens is 225 g/mol. The van der Waals surface area contributed by atoms with Crippen molar-refractivity contribution in [2.45, 2.75) is 19.9 Å². The van der Waals surface area contributed by atoms with Crippen LogP contribution in [0.25, 0.3) is 11.1 Å². The highest BCUT2D eigenvalue weighted by atomic mass is 19.1. The van der Waals surface area contributed by atoms with Crippen LogP contribution in [0.1, 0.15) is 18.9 Å². The van der Waals surface area contributed by atoms with Gasteiger partial charge in [-0.2, -0.15) is 0 Å². The van der Waals surface area contributed by atoms with Crippen molar-refractivity contribution in [1.82, 2.24) is 5.32 Å². The molecule has 1 N–H and O–H groups in total. The van der Waals surface area contributed by atoms with E-state index in [4.69, 9.17) is 0 Å². The summed E-state index contributed by atoms with van der Waals surface area (Å²) in [6, 6.07) is 15.0. The van der Waals surface area contributed by atoms with Crippen LogP contribution in [0.5, 0.6) is 0 Å². The zero-order chi connectivity index (χ0) is 12.8. The number of nitrogens with one attached hydrogen (secondary N) is 1. The minimum atomic E-state index is -0.195. The van der Waals surface area contributed by atoms with Crippen molar-refractivity contribution in [1.29, 1.82) is 0 Å². The van der Waals surface area contributed by atoms with Crippen LogP contribution >= 0.6 is 0 Å². The number of benzene rings is 2. The van der Waals surface area contributed by atoms with Crippen LogP contribution in [0.3, 0.4) is 0 Å². The highest BCUT2D eigenvalue weighted by Crippen LogP contribution is 2.20. The molecule has 0 aliphatic heterocycles. The van der Waals surface area contributed by atoms with E-state index in [-0.39, 0.29) is 5.82 Å². The van der Waals surface area contributed by atoms with Gasteiger partial charge in [0.2, 0.25) is 0 Å². The first-order valence-corrected chi connectivity index (χ1v) is 6.35. The van der Waals surface area contributed by atoms with Gasteiger partial charge in [0.1, 0.15) is 5.82 Å². The van der Waals surface area contributed by atoms with Crippen molar-refractivity contribution in [3.63, 3.8) is 0 Å². The molecule has 0 aliphatic rings. The van der Waals surface area contributed by atoms with Gasteiger partial charge in [0, 0.05) is 6.54 Å². The molecule has 0 aromatic heterocycles. The van der Waals surface area contributed by atoms with Crippen molar-refractivity contribution >= 4 is 0 Å². The topological polar surface area (TPSA) is 12.0 Å². The average Bonchev–Trinajstić information content (AvgIpc) is 2.40. The standard InChI is InChI=1S/C16H18FN/c1-2-10-18-12-13-4-3-5-15(11-13)14-6-8-16(17)9-7-14/h3-9,11,18H,2,10,12H2,1H3. The van der Waals surface area contributed by atoms with Gasteiger partial charge in [0.05, 0.1) is 0 Å². The molecule has 0 amide bonds. The van der Waals surface area contributed by atoms with Gasteiger partial charge in [0.15, 0.2) is 0 Å². The molecule has 2 aromatic rings. The number of hydrogen-bond donors (Lipinski definition) is 1. The molecule has 0 heterocycles. The lowest BCUT2D eigenvalue weighted by Gasteiger charge is -2.06. The molecule has 94 valence electrons. The van der Waals surface area contributed by atoms with E-state index in [1.165, 1.54) is 17.7 Å². The molecule has 2 heteroatoms. The lowest BCUT2D eigenvalue weighted by atomic mass is 10.0. The molecule has 18 heavy (non-hydrogen) atoms. The van der Waals surface area contributed by atoms with Crippen LogP contribution in [0, 0.1) is 5.82 Å². The van der Waals surface area contributed by atoms with Gasteiger partial charge in [-0.05, 0) is 47.9 Å². The third-order valence-corrected chi connectivity index (χ3v) is 2.86. The molecule has 0 unspecified atom stereocenters. The van der Waals surface area contributed by atoms with Gasteiger partial charge in [-0.25, -0.2) is 4.39 Å². The number of hydrogen-bond acceptors (Lipinski definition) is 1. The predicted octanol–water partition coefficient (Wildman–Crippen LogP) is 3.99. The smallest absolute Gasteiger partial charge is 0.123 e. The monoisotopic (exact) mass is 243 g/mol. The summed E-state index contributed by atoms with van der Waals surface area (Å²) in [5, 5.41) is 3.38. The van der Waals surface area contributed by atoms with E-state index in [1.807, 2.05) is 18.2 Å². The second-order valence-corrected chi connectivity index (χ2v) is 4.38. The summed E-state index contributed by atoms with van der Waals surface area (Å²) in [7, 11) is 0. The molecular formula is C16H18FN. The second kappa shape index (κ2) is 6.31. The first kappa shape index (κ1) is 12.8. The normalized spacial score (nSPS) is 10.6. The SMILES string of the molecule is CCCNCc1cccc(-c2ccc(F)cc2)c1. The summed E-state index contributed by atoms with van der Waals surface area (Å²) in [5.74, 6) is -0.195. The van der Waals surface area contributed by atoms with Crippen molar-refractivity contribution in [3.8, 4) is 11.1 Å². The van der Waals surface area contributed by atoms with E-state index in [1.54, 1.807) is 0 Å². The Kier molecular flexibility index (Phi) is 4.48. The van der Waals surface area contributed by atoms with Crippen molar-refractivity contribution in [2.24, 2.45) is 0 Å². The molecule has 0 fully saturated rings. The third kappa shape index (κ3) is 3.41. The van der Waals surface area contributed by atoms with Crippen LogP contribution in [0.2, 0.25) is 0 Å². The lowest BCUT2D eigenvalue weighted by Crippen LogP contribution is -2.13.